The van der Waals surface area contributed by atoms with Crippen molar-refractivity contribution >= 4 is 11.6 Å². The van der Waals surface area contributed by atoms with Gasteiger partial charge in [0.25, 0.3) is 5.91 Å². The highest BCUT2D eigenvalue weighted by Gasteiger charge is 2.07. The predicted molar refractivity (Wildman–Crippen MR) is 84.8 cm³/mol. The van der Waals surface area contributed by atoms with Crippen LogP contribution in [0.4, 0.5) is 5.69 Å². The van der Waals surface area contributed by atoms with Gasteiger partial charge in [0.1, 0.15) is 18.1 Å². The Morgan fingerprint density at radius 1 is 1.00 bits per heavy atom. The van der Waals surface area contributed by atoms with Crippen molar-refractivity contribution in [1.29, 1.82) is 0 Å². The van der Waals surface area contributed by atoms with E-state index in [0.717, 1.165) is 5.75 Å². The third-order valence-corrected chi connectivity index (χ3v) is 3.00. The molecule has 1 N–H and O–H groups in total. The molecule has 0 aliphatic heterocycles. The van der Waals surface area contributed by atoms with Crippen LogP contribution in [0, 0.1) is 0 Å². The fraction of sp³-hybridized carbons (Fsp3) is 0.235. The molecule has 116 valence electrons. The zero-order valence-electron chi connectivity index (χ0n) is 12.7. The number of anilines is 1. The molecule has 0 saturated heterocycles. The van der Waals surface area contributed by atoms with Crippen LogP contribution in [-0.2, 0) is 4.74 Å². The molecule has 0 atom stereocenters. The van der Waals surface area contributed by atoms with Crippen LogP contribution in [0.25, 0.3) is 0 Å². The van der Waals surface area contributed by atoms with Gasteiger partial charge in [-0.15, -0.1) is 0 Å². The van der Waals surface area contributed by atoms with Crippen molar-refractivity contribution in [3.63, 3.8) is 0 Å². The number of amides is 1. The standard InChI is InChI=1S/C17H19NO4/c1-20-10-11-22-15-8-6-14(7-9-15)18-17(19)13-4-3-5-16(12-13)21-2/h3-9,12H,10-11H2,1-2H3,(H,18,19). The number of nitrogens with one attached hydrogen (secondary N) is 1. The third kappa shape index (κ3) is 4.49. The first-order chi connectivity index (χ1) is 10.7. The maximum absolute atomic E-state index is 12.2. The Balaban J connectivity index is 1.96. The molecule has 0 bridgehead atoms. The van der Waals surface area contributed by atoms with E-state index in [1.54, 1.807) is 62.8 Å². The van der Waals surface area contributed by atoms with Gasteiger partial charge in [-0.1, -0.05) is 6.07 Å². The average Bonchev–Trinajstić information content (AvgIpc) is 2.56. The average molecular weight is 301 g/mol. The third-order valence-electron chi connectivity index (χ3n) is 3.00. The Kier molecular flexibility index (Phi) is 5.80. The van der Waals surface area contributed by atoms with Crippen molar-refractivity contribution in [3.8, 4) is 11.5 Å². The van der Waals surface area contributed by atoms with Crippen molar-refractivity contribution in [3.05, 3.63) is 54.1 Å². The minimum absolute atomic E-state index is 0.188. The van der Waals surface area contributed by atoms with Gasteiger partial charge in [-0.2, -0.15) is 0 Å². The van der Waals surface area contributed by atoms with Crippen molar-refractivity contribution in [2.45, 2.75) is 0 Å². The van der Waals surface area contributed by atoms with Crippen molar-refractivity contribution in [2.24, 2.45) is 0 Å². The Morgan fingerprint density at radius 3 is 2.45 bits per heavy atom. The van der Waals surface area contributed by atoms with E-state index in [2.05, 4.69) is 5.32 Å². The first kappa shape index (κ1) is 15.9. The Bertz CT molecular complexity index is 610. The lowest BCUT2D eigenvalue weighted by Crippen LogP contribution is -2.11. The number of ether oxygens (including phenoxy) is 3. The molecule has 1 amide bonds. The molecule has 2 aromatic carbocycles. The largest absolute Gasteiger partial charge is 0.497 e. The molecule has 0 aliphatic rings. The minimum atomic E-state index is -0.188. The van der Waals surface area contributed by atoms with Gasteiger partial charge in [0, 0.05) is 18.4 Å². The number of carbonyl (C=O) groups excluding carboxylic acids is 1. The van der Waals surface area contributed by atoms with E-state index in [4.69, 9.17) is 14.2 Å². The molecule has 5 heteroatoms. The molecule has 5 nitrogen and oxygen atoms in total. The van der Waals surface area contributed by atoms with Gasteiger partial charge >= 0.3 is 0 Å². The highest BCUT2D eigenvalue weighted by molar-refractivity contribution is 6.04. The quantitative estimate of drug-likeness (QED) is 0.799. The minimum Gasteiger partial charge on any atom is -0.497 e. The summed E-state index contributed by atoms with van der Waals surface area (Å²) in [6.07, 6.45) is 0. The van der Waals surface area contributed by atoms with E-state index in [9.17, 15) is 4.79 Å². The molecule has 0 spiro atoms. The van der Waals surface area contributed by atoms with Gasteiger partial charge in [0.15, 0.2) is 0 Å². The van der Waals surface area contributed by atoms with Crippen molar-refractivity contribution in [2.75, 3.05) is 32.8 Å². The van der Waals surface area contributed by atoms with Crippen LogP contribution in [0.2, 0.25) is 0 Å². The Hall–Kier alpha value is -2.53. The summed E-state index contributed by atoms with van der Waals surface area (Å²) < 4.78 is 15.5. The second kappa shape index (κ2) is 8.05. The van der Waals surface area contributed by atoms with Gasteiger partial charge < -0.3 is 19.5 Å². The van der Waals surface area contributed by atoms with E-state index in [1.807, 2.05) is 0 Å². The molecule has 2 aromatic rings. The number of hydrogen-bond acceptors (Lipinski definition) is 4. The summed E-state index contributed by atoms with van der Waals surface area (Å²) in [4.78, 5) is 12.2. The number of benzene rings is 2. The van der Waals surface area contributed by atoms with Crippen molar-refractivity contribution in [1.82, 2.24) is 0 Å². The second-order valence-electron chi connectivity index (χ2n) is 4.55. The molecule has 22 heavy (non-hydrogen) atoms. The summed E-state index contributed by atoms with van der Waals surface area (Å²) in [5, 5.41) is 2.83. The first-order valence-electron chi connectivity index (χ1n) is 6.90. The molecule has 0 radical (unpaired) electrons. The van der Waals surface area contributed by atoms with E-state index < -0.39 is 0 Å². The van der Waals surface area contributed by atoms with E-state index in [-0.39, 0.29) is 5.91 Å². The lowest BCUT2D eigenvalue weighted by Gasteiger charge is -2.08. The van der Waals surface area contributed by atoms with Crippen LogP contribution in [0.5, 0.6) is 11.5 Å². The van der Waals surface area contributed by atoms with Gasteiger partial charge in [0.05, 0.1) is 13.7 Å². The first-order valence-corrected chi connectivity index (χ1v) is 6.90. The van der Waals surface area contributed by atoms with Crippen LogP contribution in [0.1, 0.15) is 10.4 Å². The van der Waals surface area contributed by atoms with Crippen LogP contribution < -0.4 is 14.8 Å². The van der Waals surface area contributed by atoms with E-state index >= 15 is 0 Å². The molecule has 0 saturated carbocycles. The topological polar surface area (TPSA) is 56.8 Å². The smallest absolute Gasteiger partial charge is 0.255 e. The molecule has 0 fully saturated rings. The lowest BCUT2D eigenvalue weighted by atomic mass is 10.2. The molecule has 2 rings (SSSR count). The predicted octanol–water partition coefficient (Wildman–Crippen LogP) is 2.97. The fourth-order valence-electron chi connectivity index (χ4n) is 1.84. The lowest BCUT2D eigenvalue weighted by molar-refractivity contribution is 0.102. The number of rotatable bonds is 7. The normalized spacial score (nSPS) is 10.1. The van der Waals surface area contributed by atoms with Crippen molar-refractivity contribution < 1.29 is 19.0 Å². The number of carbonyl (C=O) groups is 1. The van der Waals surface area contributed by atoms with Crippen LogP contribution in [0.15, 0.2) is 48.5 Å². The van der Waals surface area contributed by atoms with Gasteiger partial charge in [-0.05, 0) is 42.5 Å². The summed E-state index contributed by atoms with van der Waals surface area (Å²) in [6.45, 7) is 1.03. The Labute approximate surface area is 129 Å². The molecular weight excluding hydrogens is 282 g/mol. The fourth-order valence-corrected chi connectivity index (χ4v) is 1.84. The monoisotopic (exact) mass is 301 g/mol. The summed E-state index contributed by atoms with van der Waals surface area (Å²) in [7, 11) is 3.19. The highest BCUT2D eigenvalue weighted by Crippen LogP contribution is 2.18. The SMILES string of the molecule is COCCOc1ccc(NC(=O)c2cccc(OC)c2)cc1. The molecule has 0 aliphatic carbocycles. The number of methoxy groups -OCH3 is 2. The zero-order valence-corrected chi connectivity index (χ0v) is 12.7. The van der Waals surface area contributed by atoms with Gasteiger partial charge in [0.2, 0.25) is 0 Å². The van der Waals surface area contributed by atoms with Crippen LogP contribution in [-0.4, -0.2) is 33.3 Å². The Morgan fingerprint density at radius 2 is 1.77 bits per heavy atom. The summed E-state index contributed by atoms with van der Waals surface area (Å²) >= 11 is 0. The molecule has 0 heterocycles. The van der Waals surface area contributed by atoms with Gasteiger partial charge in [-0.25, -0.2) is 0 Å². The maximum atomic E-state index is 12.2. The highest BCUT2D eigenvalue weighted by atomic mass is 16.5. The maximum Gasteiger partial charge on any atom is 0.255 e. The molecular formula is C17H19NO4. The van der Waals surface area contributed by atoms with Crippen LogP contribution >= 0.6 is 0 Å². The van der Waals surface area contributed by atoms with Gasteiger partial charge in [-0.3, -0.25) is 4.79 Å². The molecule has 0 aromatic heterocycles. The summed E-state index contributed by atoms with van der Waals surface area (Å²) in [5.41, 5.74) is 1.24. The summed E-state index contributed by atoms with van der Waals surface area (Å²) in [5.74, 6) is 1.19. The second-order valence-corrected chi connectivity index (χ2v) is 4.55. The van der Waals surface area contributed by atoms with E-state index in [1.165, 1.54) is 0 Å². The van der Waals surface area contributed by atoms with Crippen LogP contribution in [0.3, 0.4) is 0 Å². The number of hydrogen-bond donors (Lipinski definition) is 1. The van der Waals surface area contributed by atoms with E-state index in [0.29, 0.717) is 30.2 Å². The molecule has 0 unspecified atom stereocenters. The zero-order chi connectivity index (χ0) is 15.8. The summed E-state index contributed by atoms with van der Waals surface area (Å²) in [6, 6.07) is 14.2.